The minimum atomic E-state index is -0.430. The molecule has 4 heterocycles. The number of piperazine rings is 1. The van der Waals surface area contributed by atoms with Crippen LogP contribution in [-0.4, -0.2) is 94.4 Å². The maximum absolute atomic E-state index is 10.3. The average molecular weight is 394 g/mol. The number of ether oxygens (including phenoxy) is 2. The Morgan fingerprint density at radius 3 is 2.71 bits per heavy atom. The summed E-state index contributed by atoms with van der Waals surface area (Å²) in [6, 6.07) is 0. The van der Waals surface area contributed by atoms with E-state index >= 15 is 0 Å². The van der Waals surface area contributed by atoms with Crippen LogP contribution in [0, 0.1) is 0 Å². The zero-order valence-corrected chi connectivity index (χ0v) is 17.0. The lowest BCUT2D eigenvalue weighted by molar-refractivity contribution is -0.0288. The predicted octanol–water partition coefficient (Wildman–Crippen LogP) is 0.679. The molecule has 1 aromatic heterocycles. The lowest BCUT2D eigenvalue weighted by Crippen LogP contribution is -2.49. The van der Waals surface area contributed by atoms with Crippen molar-refractivity contribution >= 4 is 0 Å². The van der Waals surface area contributed by atoms with Crippen LogP contribution in [-0.2, 0) is 29.0 Å². The first-order valence-electron chi connectivity index (χ1n) is 11.0. The molecule has 0 aliphatic carbocycles. The maximum Gasteiger partial charge on any atom is 0.147 e. The first-order valence-corrected chi connectivity index (χ1v) is 11.0. The smallest absolute Gasteiger partial charge is 0.147 e. The second-order valence-electron chi connectivity index (χ2n) is 8.40. The van der Waals surface area contributed by atoms with E-state index in [1.165, 1.54) is 19.3 Å². The van der Waals surface area contributed by atoms with Crippen LogP contribution in [0.15, 0.2) is 0 Å². The normalized spacial score (nSPS) is 25.5. The number of aromatic nitrogens is 3. The third kappa shape index (κ3) is 5.51. The highest BCUT2D eigenvalue weighted by Gasteiger charge is 2.23. The van der Waals surface area contributed by atoms with E-state index in [1.807, 2.05) is 0 Å². The van der Waals surface area contributed by atoms with Crippen molar-refractivity contribution in [3.63, 3.8) is 0 Å². The molecule has 28 heavy (non-hydrogen) atoms. The zero-order chi connectivity index (χ0) is 19.2. The van der Waals surface area contributed by atoms with Crippen LogP contribution < -0.4 is 0 Å². The third-order valence-corrected chi connectivity index (χ3v) is 6.12. The van der Waals surface area contributed by atoms with Gasteiger partial charge in [-0.05, 0) is 25.7 Å². The van der Waals surface area contributed by atoms with E-state index in [-0.39, 0.29) is 6.10 Å². The molecule has 0 unspecified atom stereocenters. The summed E-state index contributed by atoms with van der Waals surface area (Å²) in [5.41, 5.74) is 0. The molecule has 0 amide bonds. The van der Waals surface area contributed by atoms with Crippen molar-refractivity contribution in [1.82, 2.24) is 24.6 Å². The number of fused-ring (bicyclic) bond motifs is 1. The standard InChI is InChI=1S/C20H35N5O3/c26-17(15-27-16-18-5-4-12-28-18)13-23-8-10-24(11-9-23)14-20-22-21-19-6-2-1-3-7-25(19)20/h17-18,26H,1-16H2/t17-,18+/m1/s1. The number of aliphatic hydroxyl groups is 1. The van der Waals surface area contributed by atoms with Crippen molar-refractivity contribution in [2.24, 2.45) is 0 Å². The van der Waals surface area contributed by atoms with Gasteiger partial charge in [0, 0.05) is 52.3 Å². The summed E-state index contributed by atoms with van der Waals surface area (Å²) in [5.74, 6) is 2.28. The molecule has 0 saturated carbocycles. The average Bonchev–Trinajstić information content (AvgIpc) is 3.28. The lowest BCUT2D eigenvalue weighted by atomic mass is 10.2. The number of β-amino-alcohol motifs (C(OH)–C–C–N with tert-alkyl or cyclic N) is 1. The van der Waals surface area contributed by atoms with Gasteiger partial charge >= 0.3 is 0 Å². The van der Waals surface area contributed by atoms with Gasteiger partial charge < -0.3 is 19.1 Å². The number of rotatable bonds is 8. The van der Waals surface area contributed by atoms with E-state index in [1.54, 1.807) is 0 Å². The SMILES string of the molecule is O[C@@H](COC[C@@H]1CCCO1)CN1CCN(Cc2nnc3n2CCCCC3)CC1. The molecule has 158 valence electrons. The highest BCUT2D eigenvalue weighted by atomic mass is 16.5. The molecule has 0 aromatic carbocycles. The number of hydrogen-bond acceptors (Lipinski definition) is 7. The van der Waals surface area contributed by atoms with E-state index in [0.717, 1.165) is 76.8 Å². The second-order valence-corrected chi connectivity index (χ2v) is 8.40. The summed E-state index contributed by atoms with van der Waals surface area (Å²) in [7, 11) is 0. The van der Waals surface area contributed by atoms with Crippen molar-refractivity contribution in [1.29, 1.82) is 0 Å². The molecule has 1 N–H and O–H groups in total. The van der Waals surface area contributed by atoms with E-state index in [0.29, 0.717) is 19.8 Å². The minimum Gasteiger partial charge on any atom is -0.389 e. The quantitative estimate of drug-likeness (QED) is 0.696. The number of hydrogen-bond donors (Lipinski definition) is 1. The molecule has 0 radical (unpaired) electrons. The van der Waals surface area contributed by atoms with E-state index in [4.69, 9.17) is 9.47 Å². The molecular formula is C20H35N5O3. The minimum absolute atomic E-state index is 0.225. The Morgan fingerprint density at radius 2 is 1.89 bits per heavy atom. The zero-order valence-electron chi connectivity index (χ0n) is 17.0. The summed E-state index contributed by atoms with van der Waals surface area (Å²) < 4.78 is 13.5. The molecule has 2 saturated heterocycles. The second kappa shape index (κ2) is 10.1. The topological polar surface area (TPSA) is 75.9 Å². The highest BCUT2D eigenvalue weighted by Crippen LogP contribution is 2.16. The molecule has 8 heteroatoms. The van der Waals surface area contributed by atoms with Gasteiger partial charge in [0.15, 0.2) is 0 Å². The first-order chi connectivity index (χ1) is 13.8. The van der Waals surface area contributed by atoms with Crippen molar-refractivity contribution < 1.29 is 14.6 Å². The van der Waals surface area contributed by atoms with Crippen LogP contribution in [0.1, 0.15) is 43.8 Å². The summed E-state index contributed by atoms with van der Waals surface area (Å²) in [6.45, 7) is 8.44. The van der Waals surface area contributed by atoms with Gasteiger partial charge in [0.05, 0.1) is 32.0 Å². The van der Waals surface area contributed by atoms with Crippen LogP contribution >= 0.6 is 0 Å². The van der Waals surface area contributed by atoms with Gasteiger partial charge in [-0.3, -0.25) is 9.80 Å². The van der Waals surface area contributed by atoms with Gasteiger partial charge in [-0.25, -0.2) is 0 Å². The number of aliphatic hydroxyl groups excluding tert-OH is 1. The molecule has 0 spiro atoms. The van der Waals surface area contributed by atoms with Gasteiger partial charge in [0.2, 0.25) is 0 Å². The van der Waals surface area contributed by atoms with Crippen LogP contribution in [0.25, 0.3) is 0 Å². The first kappa shape index (κ1) is 20.2. The van der Waals surface area contributed by atoms with Crippen LogP contribution in [0.4, 0.5) is 0 Å². The molecule has 8 nitrogen and oxygen atoms in total. The molecule has 3 aliphatic rings. The van der Waals surface area contributed by atoms with E-state index in [2.05, 4.69) is 24.6 Å². The number of aryl methyl sites for hydroxylation is 1. The molecular weight excluding hydrogens is 358 g/mol. The van der Waals surface area contributed by atoms with Gasteiger partial charge in [0.25, 0.3) is 0 Å². The van der Waals surface area contributed by atoms with Crippen molar-refractivity contribution in [3.8, 4) is 0 Å². The van der Waals surface area contributed by atoms with Gasteiger partial charge in [0.1, 0.15) is 11.6 Å². The summed E-state index contributed by atoms with van der Waals surface area (Å²) in [6.07, 6.45) is 6.82. The maximum atomic E-state index is 10.3. The monoisotopic (exact) mass is 393 g/mol. The predicted molar refractivity (Wildman–Crippen MR) is 105 cm³/mol. The fourth-order valence-electron chi connectivity index (χ4n) is 4.45. The van der Waals surface area contributed by atoms with Gasteiger partial charge in [-0.2, -0.15) is 0 Å². The Hall–Kier alpha value is -1.06. The summed E-state index contributed by atoms with van der Waals surface area (Å²) >= 11 is 0. The largest absolute Gasteiger partial charge is 0.389 e. The Balaban J connectivity index is 1.15. The van der Waals surface area contributed by atoms with Crippen LogP contribution in [0.2, 0.25) is 0 Å². The Bertz CT molecular complexity index is 597. The number of nitrogens with zero attached hydrogens (tertiary/aromatic N) is 5. The van der Waals surface area contributed by atoms with Crippen LogP contribution in [0.5, 0.6) is 0 Å². The molecule has 2 fully saturated rings. The van der Waals surface area contributed by atoms with E-state index < -0.39 is 6.10 Å². The van der Waals surface area contributed by atoms with Crippen molar-refractivity contribution in [2.75, 3.05) is 52.5 Å². The Kier molecular flexibility index (Phi) is 7.31. The molecule has 3 aliphatic heterocycles. The molecule has 0 bridgehead atoms. The molecule has 1 aromatic rings. The van der Waals surface area contributed by atoms with Gasteiger partial charge in [-0.15, -0.1) is 10.2 Å². The van der Waals surface area contributed by atoms with Crippen molar-refractivity contribution in [3.05, 3.63) is 11.6 Å². The Morgan fingerprint density at radius 1 is 1.04 bits per heavy atom. The van der Waals surface area contributed by atoms with Crippen LogP contribution in [0.3, 0.4) is 0 Å². The van der Waals surface area contributed by atoms with E-state index in [9.17, 15) is 5.11 Å². The fourth-order valence-corrected chi connectivity index (χ4v) is 4.45. The van der Waals surface area contributed by atoms with Crippen molar-refractivity contribution in [2.45, 2.75) is 63.8 Å². The lowest BCUT2D eigenvalue weighted by Gasteiger charge is -2.35. The Labute approximate surface area is 167 Å². The summed E-state index contributed by atoms with van der Waals surface area (Å²) in [5, 5.41) is 19.1. The summed E-state index contributed by atoms with van der Waals surface area (Å²) in [4.78, 5) is 4.79. The highest BCUT2D eigenvalue weighted by molar-refractivity contribution is 4.98. The molecule has 4 rings (SSSR count). The third-order valence-electron chi connectivity index (χ3n) is 6.12. The molecule has 2 atom stereocenters. The fraction of sp³-hybridized carbons (Fsp3) is 0.900. The van der Waals surface area contributed by atoms with Gasteiger partial charge in [-0.1, -0.05) is 6.42 Å².